The number of hydrogen-bond acceptors (Lipinski definition) is 6. The molecular weight excluding hydrogens is 548 g/mol. The van der Waals surface area contributed by atoms with Gasteiger partial charge in [0, 0.05) is 25.1 Å². The molecule has 2 saturated heterocycles. The first-order chi connectivity index (χ1) is 20.4. The lowest BCUT2D eigenvalue weighted by Crippen LogP contribution is -2.56. The van der Waals surface area contributed by atoms with Gasteiger partial charge in [-0.25, -0.2) is 4.79 Å². The fourth-order valence-electron chi connectivity index (χ4n) is 5.59. The Hall–Kier alpha value is -4.21. The first-order valence-electron chi connectivity index (χ1n) is 15.0. The Balaban J connectivity index is 1.40. The van der Waals surface area contributed by atoms with Gasteiger partial charge in [-0.2, -0.15) is 0 Å². The minimum Gasteiger partial charge on any atom is -0.444 e. The zero-order valence-corrected chi connectivity index (χ0v) is 25.4. The molecule has 4 rings (SSSR count). The number of amides is 4. The second kappa shape index (κ2) is 13.8. The van der Waals surface area contributed by atoms with E-state index in [0.717, 1.165) is 5.56 Å². The van der Waals surface area contributed by atoms with Gasteiger partial charge >= 0.3 is 6.09 Å². The molecule has 0 radical (unpaired) electrons. The fourth-order valence-corrected chi connectivity index (χ4v) is 5.59. The molecule has 2 aromatic carbocycles. The maximum atomic E-state index is 13.6. The summed E-state index contributed by atoms with van der Waals surface area (Å²) in [5.41, 5.74) is 0.681. The quantitative estimate of drug-likeness (QED) is 0.431. The van der Waals surface area contributed by atoms with Gasteiger partial charge in [0.15, 0.2) is 5.78 Å². The maximum absolute atomic E-state index is 13.6. The van der Waals surface area contributed by atoms with Gasteiger partial charge in [0.1, 0.15) is 23.7 Å². The van der Waals surface area contributed by atoms with E-state index in [4.69, 9.17) is 4.74 Å². The number of nitrogens with zero attached hydrogens (tertiary/aromatic N) is 2. The molecule has 0 spiro atoms. The summed E-state index contributed by atoms with van der Waals surface area (Å²) in [6, 6.07) is 15.0. The number of rotatable bonds is 9. The Morgan fingerprint density at radius 1 is 0.837 bits per heavy atom. The molecule has 43 heavy (non-hydrogen) atoms. The van der Waals surface area contributed by atoms with Crippen LogP contribution in [0.5, 0.6) is 0 Å². The Morgan fingerprint density at radius 2 is 1.42 bits per heavy atom. The van der Waals surface area contributed by atoms with Crippen molar-refractivity contribution in [1.82, 2.24) is 20.4 Å². The van der Waals surface area contributed by atoms with Crippen molar-refractivity contribution in [3.63, 3.8) is 0 Å². The normalized spacial score (nSPS) is 19.8. The van der Waals surface area contributed by atoms with Crippen molar-refractivity contribution in [3.8, 4) is 0 Å². The van der Waals surface area contributed by atoms with Gasteiger partial charge in [-0.05, 0) is 58.9 Å². The van der Waals surface area contributed by atoms with E-state index in [1.54, 1.807) is 52.0 Å². The second-order valence-corrected chi connectivity index (χ2v) is 12.2. The summed E-state index contributed by atoms with van der Waals surface area (Å²) in [6.45, 7) is 7.69. The highest BCUT2D eigenvalue weighted by Gasteiger charge is 2.43. The van der Waals surface area contributed by atoms with E-state index in [-0.39, 0.29) is 11.7 Å². The van der Waals surface area contributed by atoms with Crippen molar-refractivity contribution in [1.29, 1.82) is 0 Å². The maximum Gasteiger partial charge on any atom is 0.410 e. The third-order valence-electron chi connectivity index (χ3n) is 7.73. The summed E-state index contributed by atoms with van der Waals surface area (Å²) >= 11 is 0. The predicted molar refractivity (Wildman–Crippen MR) is 161 cm³/mol. The predicted octanol–water partition coefficient (Wildman–Crippen LogP) is 3.49. The molecule has 4 unspecified atom stereocenters. The topological polar surface area (TPSA) is 125 Å². The fraction of sp³-hybridized carbons (Fsp3) is 0.485. The lowest BCUT2D eigenvalue weighted by atomic mass is 9.97. The average molecular weight is 591 g/mol. The second-order valence-electron chi connectivity index (χ2n) is 12.2. The standard InChI is InChI=1S/C33H42N4O6/c1-22(29(39)35-25(21-23-13-7-5-8-14-23)28(38)24-15-9-6-10-16-24)34-30(40)26-17-11-19-36(26)31(41)27-18-12-20-37(27)32(42)43-33(2,3)4/h5-10,13-16,22,25-27H,11-12,17-21H2,1-4H3,(H,34,40)(H,35,39). The van der Waals surface area contributed by atoms with Crippen LogP contribution in [0.15, 0.2) is 60.7 Å². The Kier molecular flexibility index (Phi) is 10.2. The van der Waals surface area contributed by atoms with E-state index in [1.807, 2.05) is 36.4 Å². The molecule has 2 aliphatic heterocycles. The lowest BCUT2D eigenvalue weighted by molar-refractivity contribution is -0.142. The Bertz CT molecular complexity index is 1310. The minimum atomic E-state index is -0.948. The third kappa shape index (κ3) is 8.21. The van der Waals surface area contributed by atoms with Crippen molar-refractivity contribution in [2.45, 2.75) is 89.6 Å². The third-order valence-corrected chi connectivity index (χ3v) is 7.73. The van der Waals surface area contributed by atoms with Crippen molar-refractivity contribution >= 4 is 29.6 Å². The van der Waals surface area contributed by atoms with Crippen LogP contribution in [0, 0.1) is 0 Å². The van der Waals surface area contributed by atoms with Gasteiger partial charge in [-0.3, -0.25) is 24.1 Å². The largest absolute Gasteiger partial charge is 0.444 e. The van der Waals surface area contributed by atoms with Crippen molar-refractivity contribution in [2.75, 3.05) is 13.1 Å². The zero-order chi connectivity index (χ0) is 31.1. The van der Waals surface area contributed by atoms with Crippen LogP contribution in [0.25, 0.3) is 0 Å². The van der Waals surface area contributed by atoms with Gasteiger partial charge in [0.25, 0.3) is 0 Å². The summed E-state index contributed by atoms with van der Waals surface area (Å²) in [5.74, 6) is -1.45. The highest BCUT2D eigenvalue weighted by atomic mass is 16.6. The number of Topliss-reactive ketones (excluding diaryl/α,β-unsaturated/α-hetero) is 1. The number of carbonyl (C=O) groups excluding carboxylic acids is 5. The Morgan fingerprint density at radius 3 is 2.05 bits per heavy atom. The van der Waals surface area contributed by atoms with Crippen LogP contribution in [0.1, 0.15) is 69.3 Å². The van der Waals surface area contributed by atoms with Gasteiger partial charge in [-0.15, -0.1) is 0 Å². The summed E-state index contributed by atoms with van der Waals surface area (Å²) in [7, 11) is 0. The molecule has 0 bridgehead atoms. The Labute approximate surface area is 253 Å². The van der Waals surface area contributed by atoms with E-state index >= 15 is 0 Å². The molecule has 2 fully saturated rings. The summed E-state index contributed by atoms with van der Waals surface area (Å²) in [5, 5.41) is 5.58. The number of ketones is 1. The van der Waals surface area contributed by atoms with Gasteiger partial charge < -0.3 is 20.3 Å². The summed E-state index contributed by atoms with van der Waals surface area (Å²) < 4.78 is 5.50. The lowest BCUT2D eigenvalue weighted by Gasteiger charge is -2.32. The number of nitrogens with one attached hydrogen (secondary N) is 2. The van der Waals surface area contributed by atoms with Crippen LogP contribution >= 0.6 is 0 Å². The summed E-state index contributed by atoms with van der Waals surface area (Å²) in [4.78, 5) is 69.3. The van der Waals surface area contributed by atoms with E-state index in [9.17, 15) is 24.0 Å². The molecule has 4 amide bonds. The highest BCUT2D eigenvalue weighted by Crippen LogP contribution is 2.26. The number of ether oxygens (including phenoxy) is 1. The van der Waals surface area contributed by atoms with E-state index in [1.165, 1.54) is 9.80 Å². The molecule has 0 aromatic heterocycles. The molecule has 0 aliphatic carbocycles. The SMILES string of the molecule is CC(NC(=O)C1CCCN1C(=O)C1CCCN1C(=O)OC(C)(C)C)C(=O)NC(Cc1ccccc1)C(=O)c1ccccc1. The van der Waals surface area contributed by atoms with Crippen LogP contribution in [-0.4, -0.2) is 82.3 Å². The number of carbonyl (C=O) groups is 5. The molecule has 2 heterocycles. The average Bonchev–Trinajstić information content (AvgIpc) is 3.67. The van der Waals surface area contributed by atoms with E-state index in [0.29, 0.717) is 50.8 Å². The molecule has 230 valence electrons. The van der Waals surface area contributed by atoms with Crippen LogP contribution in [0.2, 0.25) is 0 Å². The first-order valence-corrected chi connectivity index (χ1v) is 15.0. The van der Waals surface area contributed by atoms with Crippen molar-refractivity contribution in [2.24, 2.45) is 0 Å². The van der Waals surface area contributed by atoms with Crippen LogP contribution in [-0.2, 0) is 25.5 Å². The molecule has 0 saturated carbocycles. The highest BCUT2D eigenvalue weighted by molar-refractivity contribution is 6.03. The van der Waals surface area contributed by atoms with Crippen LogP contribution in [0.3, 0.4) is 0 Å². The first kappa shape index (κ1) is 31.7. The van der Waals surface area contributed by atoms with Crippen molar-refractivity contribution < 1.29 is 28.7 Å². The summed E-state index contributed by atoms with van der Waals surface area (Å²) in [6.07, 6.45) is 2.01. The molecule has 10 heteroatoms. The van der Waals surface area contributed by atoms with Crippen LogP contribution < -0.4 is 10.6 Å². The number of likely N-dealkylation sites (tertiary alicyclic amines) is 2. The number of hydrogen-bond donors (Lipinski definition) is 2. The van der Waals surface area contributed by atoms with Gasteiger partial charge in [-0.1, -0.05) is 60.7 Å². The van der Waals surface area contributed by atoms with Gasteiger partial charge in [0.2, 0.25) is 17.7 Å². The van der Waals surface area contributed by atoms with Crippen molar-refractivity contribution in [3.05, 3.63) is 71.8 Å². The van der Waals surface area contributed by atoms with Crippen LogP contribution in [0.4, 0.5) is 4.79 Å². The zero-order valence-electron chi connectivity index (χ0n) is 25.4. The van der Waals surface area contributed by atoms with Gasteiger partial charge in [0.05, 0.1) is 6.04 Å². The molecule has 4 atom stereocenters. The number of benzene rings is 2. The molecule has 2 aromatic rings. The smallest absolute Gasteiger partial charge is 0.410 e. The minimum absolute atomic E-state index is 0.227. The molecule has 2 N–H and O–H groups in total. The monoisotopic (exact) mass is 590 g/mol. The molecular formula is C33H42N4O6. The molecule has 10 nitrogen and oxygen atoms in total. The van der Waals surface area contributed by atoms with E-state index in [2.05, 4.69) is 10.6 Å². The van der Waals surface area contributed by atoms with E-state index < -0.39 is 47.7 Å². The molecule has 2 aliphatic rings.